The minimum absolute atomic E-state index is 0.540. The topological polar surface area (TPSA) is 13.0 Å². The third-order valence-electron chi connectivity index (χ3n) is 5.25. The van der Waals surface area contributed by atoms with Gasteiger partial charge in [0.2, 0.25) is 0 Å². The molecule has 0 aromatic rings. The first-order valence-corrected chi connectivity index (χ1v) is 10.3. The molecule has 25 heavy (non-hydrogen) atoms. The molecule has 0 spiro atoms. The molecule has 0 atom stereocenters. The fraction of sp³-hybridized carbons (Fsp3) is 1.00. The molecule has 4 nitrogen and oxygen atoms in total. The van der Waals surface area contributed by atoms with Crippen molar-refractivity contribution >= 4 is 0 Å². The molecule has 0 radical (unpaired) electrons. The minimum Gasteiger partial charge on any atom is -0.309 e. The maximum absolute atomic E-state index is 2.34. The Morgan fingerprint density at radius 1 is 0.400 bits per heavy atom. The molecule has 152 valence electrons. The lowest BCUT2D eigenvalue weighted by Crippen LogP contribution is -2.28. The predicted octanol–water partition coefficient (Wildman–Crippen LogP) is 3.34. The Balaban J connectivity index is 4.85. The van der Waals surface area contributed by atoms with Crippen molar-refractivity contribution in [3.63, 3.8) is 0 Å². The average molecular weight is 357 g/mol. The normalized spacial score (nSPS) is 13.0. The molecular weight excluding hydrogens is 308 g/mol. The van der Waals surface area contributed by atoms with Crippen LogP contribution in [0, 0.1) is 5.41 Å². The second-order valence-corrected chi connectivity index (χ2v) is 9.13. The van der Waals surface area contributed by atoms with E-state index in [1.54, 1.807) is 0 Å². The molecule has 0 aromatic carbocycles. The van der Waals surface area contributed by atoms with Gasteiger partial charge >= 0.3 is 0 Å². The average Bonchev–Trinajstić information content (AvgIpc) is 2.45. The third-order valence-corrected chi connectivity index (χ3v) is 5.25. The number of nitrogens with zero attached hydrogens (tertiary/aromatic N) is 4. The fourth-order valence-electron chi connectivity index (χ4n) is 3.83. The molecule has 0 unspecified atom stereocenters. The van der Waals surface area contributed by atoms with E-state index in [1.807, 2.05) is 0 Å². The van der Waals surface area contributed by atoms with E-state index in [0.29, 0.717) is 5.41 Å². The number of hydrogen-bond acceptors (Lipinski definition) is 4. The first-order chi connectivity index (χ1) is 11.7. The Bertz CT molecular complexity index is 239. The minimum atomic E-state index is 0.540. The standard InChI is InChI=1S/C21H48N4/c1-22(2)17-9-13-21(14-10-18-23(3)4,15-11-19-24(5)6)16-12-20-25(7)8/h9-20H2,1-8H3. The third kappa shape index (κ3) is 14.7. The Morgan fingerprint density at radius 3 is 0.760 bits per heavy atom. The molecular formula is C21H48N4. The second kappa shape index (κ2) is 14.0. The smallest absolute Gasteiger partial charge is 0.00246 e. The van der Waals surface area contributed by atoms with Crippen molar-refractivity contribution in [1.29, 1.82) is 0 Å². The maximum Gasteiger partial charge on any atom is -0.00246 e. The van der Waals surface area contributed by atoms with Crippen LogP contribution in [0.15, 0.2) is 0 Å². The highest BCUT2D eigenvalue weighted by atomic mass is 15.1. The lowest BCUT2D eigenvalue weighted by molar-refractivity contribution is 0.156. The summed E-state index contributed by atoms with van der Waals surface area (Å²) in [5.41, 5.74) is 0.540. The van der Waals surface area contributed by atoms with Crippen molar-refractivity contribution in [3.05, 3.63) is 0 Å². The first-order valence-electron chi connectivity index (χ1n) is 10.3. The SMILES string of the molecule is CN(C)CCCC(CCCN(C)C)(CCCN(C)C)CCCN(C)C. The highest BCUT2D eigenvalue weighted by molar-refractivity contribution is 4.81. The van der Waals surface area contributed by atoms with E-state index in [-0.39, 0.29) is 0 Å². The van der Waals surface area contributed by atoms with Gasteiger partial charge < -0.3 is 19.6 Å². The molecule has 0 N–H and O–H groups in total. The van der Waals surface area contributed by atoms with Gasteiger partial charge in [-0.1, -0.05) is 0 Å². The van der Waals surface area contributed by atoms with Crippen molar-refractivity contribution < 1.29 is 0 Å². The summed E-state index contributed by atoms with van der Waals surface area (Å²) in [5.74, 6) is 0. The van der Waals surface area contributed by atoms with Gasteiger partial charge in [-0.05, 0) is 139 Å². The molecule has 0 rings (SSSR count). The van der Waals surface area contributed by atoms with Crippen LogP contribution in [-0.2, 0) is 0 Å². The Hall–Kier alpha value is -0.160. The molecule has 0 saturated carbocycles. The van der Waals surface area contributed by atoms with Gasteiger partial charge in [-0.3, -0.25) is 0 Å². The lowest BCUT2D eigenvalue weighted by atomic mass is 9.72. The van der Waals surface area contributed by atoms with Gasteiger partial charge in [0.1, 0.15) is 0 Å². The van der Waals surface area contributed by atoms with Crippen molar-refractivity contribution in [2.24, 2.45) is 5.41 Å². The summed E-state index contributed by atoms with van der Waals surface area (Å²) in [7, 11) is 17.6. The molecule has 0 fully saturated rings. The Labute approximate surface area is 159 Å². The Morgan fingerprint density at radius 2 is 0.600 bits per heavy atom. The summed E-state index contributed by atoms with van der Waals surface area (Å²) in [5, 5.41) is 0. The molecule has 4 heteroatoms. The summed E-state index contributed by atoms with van der Waals surface area (Å²) in [4.78, 5) is 9.35. The highest BCUT2D eigenvalue weighted by Crippen LogP contribution is 2.40. The molecule has 0 amide bonds. The largest absolute Gasteiger partial charge is 0.309 e. The van der Waals surface area contributed by atoms with E-state index >= 15 is 0 Å². The summed E-state index contributed by atoms with van der Waals surface area (Å²) in [6.07, 6.45) is 10.9. The summed E-state index contributed by atoms with van der Waals surface area (Å²) >= 11 is 0. The zero-order chi connectivity index (χ0) is 19.3. The Kier molecular flexibility index (Phi) is 13.9. The number of rotatable bonds is 16. The van der Waals surface area contributed by atoms with Gasteiger partial charge in [0.15, 0.2) is 0 Å². The fourth-order valence-corrected chi connectivity index (χ4v) is 3.83. The van der Waals surface area contributed by atoms with Crippen LogP contribution in [0.2, 0.25) is 0 Å². The monoisotopic (exact) mass is 356 g/mol. The van der Waals surface area contributed by atoms with E-state index in [4.69, 9.17) is 0 Å². The zero-order valence-electron chi connectivity index (χ0n) is 18.8. The predicted molar refractivity (Wildman–Crippen MR) is 114 cm³/mol. The highest BCUT2D eigenvalue weighted by Gasteiger charge is 2.28. The maximum atomic E-state index is 2.34. The van der Waals surface area contributed by atoms with E-state index in [0.717, 1.165) is 0 Å². The van der Waals surface area contributed by atoms with Crippen LogP contribution >= 0.6 is 0 Å². The van der Waals surface area contributed by atoms with Crippen LogP contribution in [0.4, 0.5) is 0 Å². The van der Waals surface area contributed by atoms with Crippen LogP contribution in [0.5, 0.6) is 0 Å². The van der Waals surface area contributed by atoms with Crippen molar-refractivity contribution in [2.75, 3.05) is 82.6 Å². The molecule has 0 bridgehead atoms. The summed E-state index contributed by atoms with van der Waals surface area (Å²) in [6.45, 7) is 4.88. The molecule has 0 aliphatic rings. The van der Waals surface area contributed by atoms with E-state index in [2.05, 4.69) is 76.0 Å². The molecule has 0 aliphatic carbocycles. The lowest BCUT2D eigenvalue weighted by Gasteiger charge is -2.36. The zero-order valence-corrected chi connectivity index (χ0v) is 18.8. The van der Waals surface area contributed by atoms with Gasteiger partial charge in [0.05, 0.1) is 0 Å². The van der Waals surface area contributed by atoms with Gasteiger partial charge in [-0.25, -0.2) is 0 Å². The van der Waals surface area contributed by atoms with Crippen LogP contribution in [0.3, 0.4) is 0 Å². The molecule has 0 aliphatic heterocycles. The van der Waals surface area contributed by atoms with Crippen molar-refractivity contribution in [1.82, 2.24) is 19.6 Å². The van der Waals surface area contributed by atoms with Crippen molar-refractivity contribution in [2.45, 2.75) is 51.4 Å². The van der Waals surface area contributed by atoms with Gasteiger partial charge in [0.25, 0.3) is 0 Å². The van der Waals surface area contributed by atoms with Gasteiger partial charge in [-0.2, -0.15) is 0 Å². The van der Waals surface area contributed by atoms with E-state index in [1.165, 1.54) is 77.5 Å². The number of hydrogen-bond donors (Lipinski definition) is 0. The second-order valence-electron chi connectivity index (χ2n) is 9.13. The molecule has 0 aromatic heterocycles. The van der Waals surface area contributed by atoms with Crippen molar-refractivity contribution in [3.8, 4) is 0 Å². The first kappa shape index (κ1) is 24.8. The molecule has 0 saturated heterocycles. The summed E-state index contributed by atoms with van der Waals surface area (Å²) in [6, 6.07) is 0. The van der Waals surface area contributed by atoms with E-state index < -0.39 is 0 Å². The quantitative estimate of drug-likeness (QED) is 0.420. The van der Waals surface area contributed by atoms with Crippen LogP contribution in [-0.4, -0.2) is 102 Å². The van der Waals surface area contributed by atoms with Gasteiger partial charge in [0, 0.05) is 0 Å². The van der Waals surface area contributed by atoms with Crippen LogP contribution < -0.4 is 0 Å². The van der Waals surface area contributed by atoms with Gasteiger partial charge in [-0.15, -0.1) is 0 Å². The molecule has 0 heterocycles. The summed E-state index contributed by atoms with van der Waals surface area (Å²) < 4.78 is 0. The van der Waals surface area contributed by atoms with Crippen LogP contribution in [0.25, 0.3) is 0 Å². The van der Waals surface area contributed by atoms with E-state index in [9.17, 15) is 0 Å². The van der Waals surface area contributed by atoms with Crippen LogP contribution in [0.1, 0.15) is 51.4 Å².